The molecule has 0 aromatic heterocycles. The standard InChI is InChI=1S/C85H56B2F3N5S/c88-85(89,90)61-44-48-67(49-45-61)95-77-56-81-74(55-73(77)86-71-38-19-21-40-75(71)93(64-33-15-5-16-34-64)78-51-69(52-79(95)83(78)86)91(62-29-11-3-12-30-62)63-31-13-4-14-32-63)87-72-39-20-22-41-76(72)94(65-35-17-6-18-36-65)80-53-70(54-82(96-81)84(80)87)92(66-46-42-59(43-47-66)57-24-7-1-8-25-57)68-37-23-28-60(50-68)58-26-9-2-10-27-58/h1-56H. The van der Waals surface area contributed by atoms with Gasteiger partial charge in [-0.15, -0.1) is 0 Å². The van der Waals surface area contributed by atoms with Crippen molar-refractivity contribution in [3.05, 3.63) is 345 Å². The fourth-order valence-corrected chi connectivity index (χ4v) is 16.3. The fraction of sp³-hybridized carbons (Fsp3) is 0.0118. The van der Waals surface area contributed by atoms with Gasteiger partial charge in [0.25, 0.3) is 6.71 Å². The minimum Gasteiger partial charge on any atom is -0.311 e. The van der Waals surface area contributed by atoms with Gasteiger partial charge < -0.3 is 24.5 Å². The molecule has 11 heteroatoms. The maximum absolute atomic E-state index is 14.9. The quantitative estimate of drug-likeness (QED) is 0.119. The lowest BCUT2D eigenvalue weighted by Gasteiger charge is -2.46. The van der Waals surface area contributed by atoms with E-state index in [1.165, 1.54) is 28.5 Å². The van der Waals surface area contributed by atoms with E-state index in [0.717, 1.165) is 128 Å². The lowest BCUT2D eigenvalue weighted by molar-refractivity contribution is -0.137. The van der Waals surface area contributed by atoms with E-state index in [4.69, 9.17) is 0 Å². The van der Waals surface area contributed by atoms with Crippen molar-refractivity contribution in [1.29, 1.82) is 0 Å². The Bertz CT molecular complexity index is 5250. The molecule has 14 aromatic rings. The largest absolute Gasteiger partial charge is 0.416 e. The van der Waals surface area contributed by atoms with Gasteiger partial charge in [0.15, 0.2) is 0 Å². The van der Waals surface area contributed by atoms with Crippen molar-refractivity contribution in [2.75, 3.05) is 24.5 Å². The number of hydrogen-bond acceptors (Lipinski definition) is 6. The number of anilines is 15. The van der Waals surface area contributed by atoms with Crippen LogP contribution in [0.15, 0.2) is 350 Å². The topological polar surface area (TPSA) is 16.2 Å². The number of hydrogen-bond donors (Lipinski definition) is 0. The summed E-state index contributed by atoms with van der Waals surface area (Å²) in [6.45, 7) is -0.538. The number of alkyl halides is 3. The Morgan fingerprint density at radius 3 is 1.22 bits per heavy atom. The number of halogens is 3. The van der Waals surface area contributed by atoms with Crippen LogP contribution in [0, 0.1) is 0 Å². The summed E-state index contributed by atoms with van der Waals surface area (Å²) in [5, 5.41) is 0. The van der Waals surface area contributed by atoms with Crippen LogP contribution in [0.1, 0.15) is 5.56 Å². The molecule has 0 saturated carbocycles. The number of para-hydroxylation sites is 6. The van der Waals surface area contributed by atoms with Crippen LogP contribution in [0.2, 0.25) is 0 Å². The average Bonchev–Trinajstić information content (AvgIpc) is 0.691. The molecular weight excluding hydrogens is 1200 g/mol. The molecule has 0 radical (unpaired) electrons. The second-order valence-corrected chi connectivity index (χ2v) is 25.8. The van der Waals surface area contributed by atoms with Gasteiger partial charge in [-0.2, -0.15) is 13.2 Å². The van der Waals surface area contributed by atoms with Crippen LogP contribution in [0.3, 0.4) is 0 Å². The second-order valence-electron chi connectivity index (χ2n) is 24.7. The van der Waals surface area contributed by atoms with Gasteiger partial charge >= 0.3 is 6.18 Å². The smallest absolute Gasteiger partial charge is 0.311 e. The lowest BCUT2D eigenvalue weighted by atomic mass is 9.31. The van der Waals surface area contributed by atoms with E-state index >= 15 is 0 Å². The molecule has 18 rings (SSSR count). The summed E-state index contributed by atoms with van der Waals surface area (Å²) in [6.07, 6.45) is -4.55. The number of fused-ring (bicyclic) bond motifs is 8. The van der Waals surface area contributed by atoms with Crippen molar-refractivity contribution in [3.8, 4) is 22.3 Å². The van der Waals surface area contributed by atoms with Gasteiger partial charge in [-0.1, -0.05) is 217 Å². The van der Waals surface area contributed by atoms with Crippen LogP contribution in [-0.2, 0) is 6.18 Å². The Morgan fingerprint density at radius 2 is 0.667 bits per heavy atom. The second kappa shape index (κ2) is 23.1. The predicted octanol–water partition coefficient (Wildman–Crippen LogP) is 19.8. The number of benzene rings is 14. The third-order valence-corrected chi connectivity index (χ3v) is 20.3. The molecule has 0 aliphatic carbocycles. The average molecular weight is 1260 g/mol. The Hall–Kier alpha value is -11.7. The molecule has 14 aromatic carbocycles. The summed E-state index contributed by atoms with van der Waals surface area (Å²) < 4.78 is 44.6. The van der Waals surface area contributed by atoms with Gasteiger partial charge in [-0.3, -0.25) is 0 Å². The highest BCUT2D eigenvalue weighted by molar-refractivity contribution is 8.00. The number of rotatable bonds is 11. The van der Waals surface area contributed by atoms with Gasteiger partial charge in [-0.25, -0.2) is 0 Å². The predicted molar refractivity (Wildman–Crippen MR) is 396 cm³/mol. The van der Waals surface area contributed by atoms with E-state index in [1.54, 1.807) is 23.9 Å². The molecule has 4 aliphatic heterocycles. The summed E-state index contributed by atoms with van der Waals surface area (Å²) in [5.74, 6) is 0. The molecule has 0 amide bonds. The molecule has 454 valence electrons. The van der Waals surface area contributed by atoms with Crippen LogP contribution in [0.5, 0.6) is 0 Å². The van der Waals surface area contributed by atoms with Crippen LogP contribution < -0.4 is 57.3 Å². The first kappa shape index (κ1) is 57.0. The Kier molecular flexibility index (Phi) is 13.7. The minimum atomic E-state index is -4.55. The van der Waals surface area contributed by atoms with Gasteiger partial charge in [0.1, 0.15) is 0 Å². The summed E-state index contributed by atoms with van der Waals surface area (Å²) in [4.78, 5) is 13.9. The van der Waals surface area contributed by atoms with Crippen LogP contribution in [0.4, 0.5) is 98.5 Å². The van der Waals surface area contributed by atoms with E-state index in [9.17, 15) is 13.2 Å². The Morgan fingerprint density at radius 1 is 0.260 bits per heavy atom. The zero-order valence-corrected chi connectivity index (χ0v) is 52.6. The van der Waals surface area contributed by atoms with E-state index in [-0.39, 0.29) is 13.4 Å². The minimum absolute atomic E-state index is 0.227. The molecule has 4 heterocycles. The molecule has 4 aliphatic rings. The summed E-state index contributed by atoms with van der Waals surface area (Å²) in [5.41, 5.74) is 24.9. The molecule has 0 atom stereocenters. The maximum atomic E-state index is 14.9. The van der Waals surface area contributed by atoms with Gasteiger partial charge in [0.05, 0.1) is 11.3 Å². The van der Waals surface area contributed by atoms with Gasteiger partial charge in [-0.05, 0) is 189 Å². The third kappa shape index (κ3) is 9.59. The van der Waals surface area contributed by atoms with Crippen LogP contribution >= 0.6 is 11.8 Å². The van der Waals surface area contributed by atoms with E-state index < -0.39 is 11.7 Å². The zero-order valence-electron chi connectivity index (χ0n) is 51.8. The molecule has 0 N–H and O–H groups in total. The first-order chi connectivity index (χ1) is 47.3. The first-order valence-corrected chi connectivity index (χ1v) is 33.2. The molecule has 0 bridgehead atoms. The lowest BCUT2D eigenvalue weighted by Crippen LogP contribution is -2.64. The summed E-state index contributed by atoms with van der Waals surface area (Å²) in [6, 6.07) is 118. The monoisotopic (exact) mass is 1260 g/mol. The molecule has 96 heavy (non-hydrogen) atoms. The van der Waals surface area contributed by atoms with Crippen LogP contribution in [-0.4, -0.2) is 13.4 Å². The van der Waals surface area contributed by atoms with E-state index in [1.807, 2.05) is 18.2 Å². The van der Waals surface area contributed by atoms with E-state index in [2.05, 4.69) is 322 Å². The highest BCUT2D eigenvalue weighted by Gasteiger charge is 2.48. The van der Waals surface area contributed by atoms with E-state index in [0.29, 0.717) is 5.69 Å². The first-order valence-electron chi connectivity index (χ1n) is 32.4. The van der Waals surface area contributed by atoms with Crippen molar-refractivity contribution >= 4 is 143 Å². The van der Waals surface area contributed by atoms with Crippen molar-refractivity contribution in [1.82, 2.24) is 0 Å². The van der Waals surface area contributed by atoms with Crippen molar-refractivity contribution < 1.29 is 13.2 Å². The highest BCUT2D eigenvalue weighted by Crippen LogP contribution is 2.52. The SMILES string of the molecule is FC(F)(F)c1ccc(N2c3cc4c(cc3B3c5ccccc5N(c5ccccc5)c5cc(N(c6ccccc6)c6ccccc6)cc2c53)B2c3ccccc3N(c3ccccc3)c3cc(N(c5ccc(-c6ccccc6)cc5)c5cccc(-c6ccccc6)c5)cc(c32)S4)cc1. The van der Waals surface area contributed by atoms with Crippen molar-refractivity contribution in [2.45, 2.75) is 16.0 Å². The third-order valence-electron chi connectivity index (χ3n) is 19.2. The summed E-state index contributed by atoms with van der Waals surface area (Å²) >= 11 is 1.77. The summed E-state index contributed by atoms with van der Waals surface area (Å²) in [7, 11) is 0. The van der Waals surface area contributed by atoms with Gasteiger partial charge in [0.2, 0.25) is 6.71 Å². The Labute approximate surface area is 561 Å². The molecule has 0 unspecified atom stereocenters. The molecular formula is C85H56B2F3N5S. The molecule has 0 fully saturated rings. The van der Waals surface area contributed by atoms with Crippen LogP contribution in [0.25, 0.3) is 22.3 Å². The Balaban J connectivity index is 0.903. The molecule has 0 saturated heterocycles. The van der Waals surface area contributed by atoms with Crippen molar-refractivity contribution in [2.24, 2.45) is 0 Å². The normalized spacial score (nSPS) is 13.0. The maximum Gasteiger partial charge on any atom is 0.416 e. The highest BCUT2D eigenvalue weighted by atomic mass is 32.2. The zero-order chi connectivity index (χ0) is 64.0. The molecule has 5 nitrogen and oxygen atoms in total. The number of nitrogens with zero attached hydrogens (tertiary/aromatic N) is 5. The molecule has 0 spiro atoms. The van der Waals surface area contributed by atoms with Gasteiger partial charge in [0, 0.05) is 89.4 Å². The fourth-order valence-electron chi connectivity index (χ4n) is 15.1. The van der Waals surface area contributed by atoms with Crippen molar-refractivity contribution in [3.63, 3.8) is 0 Å².